The third-order valence-corrected chi connectivity index (χ3v) is 4.61. The Bertz CT molecular complexity index is 993. The number of aromatic nitrogens is 3. The highest BCUT2D eigenvalue weighted by atomic mass is 19.4. The molecule has 1 aliphatic rings. The molecule has 3 aromatic rings. The van der Waals surface area contributed by atoms with E-state index in [1.54, 1.807) is 0 Å². The summed E-state index contributed by atoms with van der Waals surface area (Å²) < 4.78 is 39.0. The van der Waals surface area contributed by atoms with Crippen LogP contribution in [0.25, 0.3) is 10.9 Å². The number of pyridine rings is 1. The highest BCUT2D eigenvalue weighted by Gasteiger charge is 2.32. The number of aryl methyl sites for hydroxylation is 2. The molecule has 26 heavy (non-hydrogen) atoms. The Labute approximate surface area is 148 Å². The highest BCUT2D eigenvalue weighted by molar-refractivity contribution is 5.90. The largest absolute Gasteiger partial charge is 0.417 e. The van der Waals surface area contributed by atoms with Gasteiger partial charge in [0.2, 0.25) is 0 Å². The van der Waals surface area contributed by atoms with Gasteiger partial charge in [0.25, 0.3) is 0 Å². The minimum Gasteiger partial charge on any atom is -0.351 e. The maximum atomic E-state index is 13.0. The molecule has 134 valence electrons. The molecule has 0 amide bonds. The fourth-order valence-electron chi connectivity index (χ4n) is 3.34. The van der Waals surface area contributed by atoms with Gasteiger partial charge in [-0.3, -0.25) is 4.98 Å². The van der Waals surface area contributed by atoms with Crippen LogP contribution in [-0.2, 0) is 19.1 Å². The van der Waals surface area contributed by atoms with E-state index in [0.717, 1.165) is 34.2 Å². The molecule has 4 nitrogen and oxygen atoms in total. The van der Waals surface area contributed by atoms with E-state index < -0.39 is 11.7 Å². The van der Waals surface area contributed by atoms with Gasteiger partial charge < -0.3 is 4.90 Å². The van der Waals surface area contributed by atoms with Crippen molar-refractivity contribution in [1.82, 2.24) is 15.0 Å². The Kier molecular flexibility index (Phi) is 3.82. The number of benzene rings is 1. The summed E-state index contributed by atoms with van der Waals surface area (Å²) in [5, 5.41) is 0.907. The number of alkyl halides is 3. The first-order valence-electron chi connectivity index (χ1n) is 8.36. The molecule has 0 spiro atoms. The molecule has 1 aromatic carbocycles. The van der Waals surface area contributed by atoms with Crippen LogP contribution in [0, 0.1) is 13.8 Å². The van der Waals surface area contributed by atoms with Crippen LogP contribution in [0.5, 0.6) is 0 Å². The summed E-state index contributed by atoms with van der Waals surface area (Å²) in [7, 11) is 0. The minimum absolute atomic E-state index is 0.353. The maximum Gasteiger partial charge on any atom is 0.417 e. The predicted octanol–water partition coefficient (Wildman–Crippen LogP) is 4.22. The normalized spacial score (nSPS) is 14.6. The molecule has 0 atom stereocenters. The van der Waals surface area contributed by atoms with Crippen molar-refractivity contribution in [3.63, 3.8) is 0 Å². The van der Waals surface area contributed by atoms with Gasteiger partial charge in [-0.15, -0.1) is 0 Å². The first-order chi connectivity index (χ1) is 12.3. The zero-order chi connectivity index (χ0) is 18.5. The van der Waals surface area contributed by atoms with E-state index in [1.165, 1.54) is 6.07 Å². The van der Waals surface area contributed by atoms with E-state index in [2.05, 4.69) is 15.0 Å². The SMILES string of the molecule is Cc1ccc2c(N3CCc4ncc(C(F)(F)F)cc4C3)nc(C)nc2c1. The van der Waals surface area contributed by atoms with E-state index >= 15 is 0 Å². The molecule has 0 fully saturated rings. The first-order valence-corrected chi connectivity index (χ1v) is 8.36. The molecule has 7 heteroatoms. The third-order valence-electron chi connectivity index (χ3n) is 4.61. The van der Waals surface area contributed by atoms with Gasteiger partial charge >= 0.3 is 6.18 Å². The number of anilines is 1. The van der Waals surface area contributed by atoms with Crippen molar-refractivity contribution in [2.75, 3.05) is 11.4 Å². The fourth-order valence-corrected chi connectivity index (χ4v) is 3.34. The van der Waals surface area contributed by atoms with Gasteiger partial charge in [0.1, 0.15) is 11.6 Å². The maximum absolute atomic E-state index is 13.0. The van der Waals surface area contributed by atoms with Gasteiger partial charge in [0.05, 0.1) is 11.1 Å². The van der Waals surface area contributed by atoms with Gasteiger partial charge in [-0.25, -0.2) is 9.97 Å². The van der Waals surface area contributed by atoms with Gasteiger partial charge in [-0.05, 0) is 43.2 Å². The molecular formula is C19H17F3N4. The lowest BCUT2D eigenvalue weighted by molar-refractivity contribution is -0.137. The Hall–Kier alpha value is -2.70. The predicted molar refractivity (Wildman–Crippen MR) is 93.0 cm³/mol. The van der Waals surface area contributed by atoms with E-state index in [9.17, 15) is 13.2 Å². The second-order valence-corrected chi connectivity index (χ2v) is 6.61. The van der Waals surface area contributed by atoms with E-state index in [0.29, 0.717) is 30.9 Å². The van der Waals surface area contributed by atoms with E-state index in [1.807, 2.05) is 36.9 Å². The number of hydrogen-bond acceptors (Lipinski definition) is 4. The fraction of sp³-hybridized carbons (Fsp3) is 0.316. The summed E-state index contributed by atoms with van der Waals surface area (Å²) in [4.78, 5) is 15.1. The molecule has 0 bridgehead atoms. The van der Waals surface area contributed by atoms with Crippen LogP contribution in [0.4, 0.5) is 19.0 Å². The Balaban J connectivity index is 1.76. The summed E-state index contributed by atoms with van der Waals surface area (Å²) in [5.41, 5.74) is 2.56. The average molecular weight is 358 g/mol. The summed E-state index contributed by atoms with van der Waals surface area (Å²) in [6, 6.07) is 7.16. The minimum atomic E-state index is -4.39. The Morgan fingerprint density at radius 2 is 1.88 bits per heavy atom. The molecule has 3 heterocycles. The molecule has 0 saturated carbocycles. The van der Waals surface area contributed by atoms with Crippen LogP contribution in [0.2, 0.25) is 0 Å². The zero-order valence-electron chi connectivity index (χ0n) is 14.4. The monoisotopic (exact) mass is 358 g/mol. The van der Waals surface area contributed by atoms with Crippen molar-refractivity contribution in [1.29, 1.82) is 0 Å². The number of rotatable bonds is 1. The number of fused-ring (bicyclic) bond motifs is 2. The average Bonchev–Trinajstić information content (AvgIpc) is 2.59. The topological polar surface area (TPSA) is 41.9 Å². The highest BCUT2D eigenvalue weighted by Crippen LogP contribution is 2.33. The van der Waals surface area contributed by atoms with Crippen LogP contribution in [-0.4, -0.2) is 21.5 Å². The number of nitrogens with zero attached hydrogens (tertiary/aromatic N) is 4. The second-order valence-electron chi connectivity index (χ2n) is 6.61. The summed E-state index contributed by atoms with van der Waals surface area (Å²) in [6.07, 6.45) is -2.88. The molecule has 1 aliphatic heterocycles. The molecular weight excluding hydrogens is 341 g/mol. The molecule has 0 saturated heterocycles. The second kappa shape index (κ2) is 5.93. The van der Waals surface area contributed by atoms with Crippen LogP contribution >= 0.6 is 0 Å². The van der Waals surface area contributed by atoms with Crippen molar-refractivity contribution >= 4 is 16.7 Å². The lowest BCUT2D eigenvalue weighted by Gasteiger charge is -2.30. The third kappa shape index (κ3) is 2.98. The molecule has 0 radical (unpaired) electrons. The van der Waals surface area contributed by atoms with Crippen molar-refractivity contribution < 1.29 is 13.2 Å². The molecule has 0 N–H and O–H groups in total. The molecule has 4 rings (SSSR count). The molecule has 0 unspecified atom stereocenters. The van der Waals surface area contributed by atoms with Crippen LogP contribution in [0.1, 0.15) is 28.2 Å². The van der Waals surface area contributed by atoms with Crippen molar-refractivity contribution in [3.05, 3.63) is 58.7 Å². The van der Waals surface area contributed by atoms with Crippen molar-refractivity contribution in [2.24, 2.45) is 0 Å². The standard InChI is InChI=1S/C19H17F3N4/c1-11-3-4-15-17(7-11)24-12(2)25-18(15)26-6-5-16-13(10-26)8-14(9-23-16)19(20,21)22/h3-4,7-9H,5-6,10H2,1-2H3. The number of hydrogen-bond donors (Lipinski definition) is 0. The summed E-state index contributed by atoms with van der Waals surface area (Å²) >= 11 is 0. The van der Waals surface area contributed by atoms with E-state index in [4.69, 9.17) is 0 Å². The lowest BCUT2D eigenvalue weighted by atomic mass is 10.0. The Morgan fingerprint density at radius 1 is 1.08 bits per heavy atom. The first kappa shape index (κ1) is 16.8. The van der Waals surface area contributed by atoms with E-state index in [-0.39, 0.29) is 0 Å². The van der Waals surface area contributed by atoms with Crippen molar-refractivity contribution in [2.45, 2.75) is 33.0 Å². The quantitative estimate of drug-likeness (QED) is 0.653. The smallest absolute Gasteiger partial charge is 0.351 e. The van der Waals surface area contributed by atoms with Crippen molar-refractivity contribution in [3.8, 4) is 0 Å². The van der Waals surface area contributed by atoms with Gasteiger partial charge in [0, 0.05) is 36.8 Å². The van der Waals surface area contributed by atoms with Crippen LogP contribution in [0.15, 0.2) is 30.5 Å². The van der Waals surface area contributed by atoms with Crippen LogP contribution in [0.3, 0.4) is 0 Å². The lowest BCUT2D eigenvalue weighted by Crippen LogP contribution is -2.32. The number of halogens is 3. The summed E-state index contributed by atoms with van der Waals surface area (Å²) in [6.45, 7) is 4.83. The van der Waals surface area contributed by atoms with Gasteiger partial charge in [-0.2, -0.15) is 13.2 Å². The van der Waals surface area contributed by atoms with Crippen LogP contribution < -0.4 is 4.90 Å². The van der Waals surface area contributed by atoms with Gasteiger partial charge in [-0.1, -0.05) is 6.07 Å². The zero-order valence-corrected chi connectivity index (χ0v) is 14.4. The van der Waals surface area contributed by atoms with Gasteiger partial charge in [0.15, 0.2) is 0 Å². The molecule has 0 aliphatic carbocycles. The molecule has 2 aromatic heterocycles. The summed E-state index contributed by atoms with van der Waals surface area (Å²) in [5.74, 6) is 1.40. The Morgan fingerprint density at radius 3 is 2.65 bits per heavy atom.